The first-order valence-corrected chi connectivity index (χ1v) is 5.73. The smallest absolute Gasteiger partial charge is 0.251 e. The molecule has 0 aliphatic rings. The van der Waals surface area contributed by atoms with Gasteiger partial charge in [0.05, 0.1) is 0 Å². The van der Waals surface area contributed by atoms with Crippen molar-refractivity contribution < 1.29 is 9.59 Å². The van der Waals surface area contributed by atoms with E-state index in [0.29, 0.717) is 17.7 Å². The minimum atomic E-state index is -0.103. The molecule has 0 saturated carbocycles. The Bertz CT molecular complexity index is 396. The molecule has 0 aromatic heterocycles. The summed E-state index contributed by atoms with van der Waals surface area (Å²) in [6.45, 7) is 5.61. The van der Waals surface area contributed by atoms with Crippen molar-refractivity contribution in [2.24, 2.45) is 0 Å². The predicted octanol–water partition coefficient (Wildman–Crippen LogP) is 2.17. The minimum Gasteiger partial charge on any atom is -0.350 e. The molecule has 2 N–H and O–H groups in total. The molecule has 0 fully saturated rings. The molecule has 0 bridgehead atoms. The van der Waals surface area contributed by atoms with Gasteiger partial charge in [-0.3, -0.25) is 9.59 Å². The third-order valence-electron chi connectivity index (χ3n) is 2.17. The summed E-state index contributed by atoms with van der Waals surface area (Å²) in [6.07, 6.45) is 0.440. The average molecular weight is 234 g/mol. The molecule has 0 unspecified atom stereocenters. The summed E-state index contributed by atoms with van der Waals surface area (Å²) in [5, 5.41) is 5.53. The summed E-state index contributed by atoms with van der Waals surface area (Å²) in [5.41, 5.74) is 1.30. The van der Waals surface area contributed by atoms with Crippen LogP contribution in [0.25, 0.3) is 0 Å². The van der Waals surface area contributed by atoms with Crippen molar-refractivity contribution in [2.45, 2.75) is 33.2 Å². The van der Waals surface area contributed by atoms with Gasteiger partial charge in [0.15, 0.2) is 0 Å². The normalized spacial score (nSPS) is 10.1. The van der Waals surface area contributed by atoms with E-state index in [1.807, 2.05) is 13.8 Å². The molecule has 0 heterocycles. The van der Waals surface area contributed by atoms with Crippen molar-refractivity contribution in [1.82, 2.24) is 5.32 Å². The molecule has 17 heavy (non-hydrogen) atoms. The summed E-state index contributed by atoms with van der Waals surface area (Å²) in [6, 6.07) is 6.96. The molecule has 0 aliphatic heterocycles. The van der Waals surface area contributed by atoms with Crippen LogP contribution in [0.1, 0.15) is 37.6 Å². The van der Waals surface area contributed by atoms with Crippen LogP contribution >= 0.6 is 0 Å². The maximum atomic E-state index is 11.6. The highest BCUT2D eigenvalue weighted by Crippen LogP contribution is 2.10. The number of carbonyl (C=O) groups excluding carboxylic acids is 2. The van der Waals surface area contributed by atoms with Crippen LogP contribution in [-0.2, 0) is 4.79 Å². The molecule has 92 valence electrons. The molecule has 4 nitrogen and oxygen atoms in total. The average Bonchev–Trinajstić information content (AvgIpc) is 2.28. The largest absolute Gasteiger partial charge is 0.350 e. The lowest BCUT2D eigenvalue weighted by atomic mass is 10.2. The monoisotopic (exact) mass is 234 g/mol. The summed E-state index contributed by atoms with van der Waals surface area (Å²) in [7, 11) is 0. The third kappa shape index (κ3) is 4.26. The van der Waals surface area contributed by atoms with Gasteiger partial charge in [0, 0.05) is 23.7 Å². The lowest BCUT2D eigenvalue weighted by Gasteiger charge is -2.09. The topological polar surface area (TPSA) is 58.2 Å². The fourth-order valence-electron chi connectivity index (χ4n) is 1.30. The van der Waals surface area contributed by atoms with Gasteiger partial charge in [-0.05, 0) is 38.1 Å². The van der Waals surface area contributed by atoms with Crippen molar-refractivity contribution in [2.75, 3.05) is 5.32 Å². The van der Waals surface area contributed by atoms with E-state index < -0.39 is 0 Å². The number of anilines is 1. The van der Waals surface area contributed by atoms with Gasteiger partial charge in [-0.25, -0.2) is 0 Å². The fourth-order valence-corrected chi connectivity index (χ4v) is 1.30. The number of carbonyl (C=O) groups is 2. The molecular formula is C13H18N2O2. The molecule has 1 aromatic carbocycles. The molecule has 0 radical (unpaired) electrons. The van der Waals surface area contributed by atoms with Gasteiger partial charge in [-0.2, -0.15) is 0 Å². The Labute approximate surface area is 101 Å². The number of amides is 2. The summed E-state index contributed by atoms with van der Waals surface area (Å²) in [5.74, 6) is -0.141. The Morgan fingerprint density at radius 1 is 1.18 bits per heavy atom. The van der Waals surface area contributed by atoms with E-state index in [4.69, 9.17) is 0 Å². The highest BCUT2D eigenvalue weighted by Gasteiger charge is 2.06. The van der Waals surface area contributed by atoms with E-state index in [2.05, 4.69) is 10.6 Å². The van der Waals surface area contributed by atoms with Crippen LogP contribution in [0.2, 0.25) is 0 Å². The second kappa shape index (κ2) is 6.03. The van der Waals surface area contributed by atoms with Gasteiger partial charge in [0.25, 0.3) is 5.91 Å². The first-order valence-electron chi connectivity index (χ1n) is 5.73. The van der Waals surface area contributed by atoms with E-state index in [-0.39, 0.29) is 17.9 Å². The number of hydrogen-bond donors (Lipinski definition) is 2. The zero-order chi connectivity index (χ0) is 12.8. The fraction of sp³-hybridized carbons (Fsp3) is 0.385. The van der Waals surface area contributed by atoms with Crippen LogP contribution in [0, 0.1) is 0 Å². The third-order valence-corrected chi connectivity index (χ3v) is 2.17. The zero-order valence-corrected chi connectivity index (χ0v) is 10.4. The maximum Gasteiger partial charge on any atom is 0.251 e. The number of benzene rings is 1. The molecule has 0 atom stereocenters. The Morgan fingerprint density at radius 2 is 1.76 bits per heavy atom. The van der Waals surface area contributed by atoms with E-state index in [9.17, 15) is 9.59 Å². The minimum absolute atomic E-state index is 0.0376. The molecule has 2 amide bonds. The molecule has 0 spiro atoms. The summed E-state index contributed by atoms with van der Waals surface area (Å²) < 4.78 is 0. The Balaban J connectivity index is 2.67. The number of rotatable bonds is 4. The Hall–Kier alpha value is -1.84. The zero-order valence-electron chi connectivity index (χ0n) is 10.4. The predicted molar refractivity (Wildman–Crippen MR) is 68.0 cm³/mol. The van der Waals surface area contributed by atoms with Gasteiger partial charge >= 0.3 is 0 Å². The summed E-state index contributed by atoms with van der Waals surface area (Å²) >= 11 is 0. The second-order valence-electron chi connectivity index (χ2n) is 4.11. The first kappa shape index (κ1) is 13.2. The van der Waals surface area contributed by atoms with Crippen LogP contribution in [0.3, 0.4) is 0 Å². The van der Waals surface area contributed by atoms with Crippen molar-refractivity contribution in [1.29, 1.82) is 0 Å². The van der Waals surface area contributed by atoms with Crippen molar-refractivity contribution in [3.63, 3.8) is 0 Å². The highest BCUT2D eigenvalue weighted by atomic mass is 16.2. The van der Waals surface area contributed by atoms with Crippen molar-refractivity contribution >= 4 is 17.5 Å². The van der Waals surface area contributed by atoms with Crippen LogP contribution in [-0.4, -0.2) is 17.9 Å². The van der Waals surface area contributed by atoms with Crippen LogP contribution in [0.15, 0.2) is 24.3 Å². The Morgan fingerprint density at radius 3 is 2.24 bits per heavy atom. The summed E-state index contributed by atoms with van der Waals surface area (Å²) in [4.78, 5) is 22.8. The quantitative estimate of drug-likeness (QED) is 0.838. The van der Waals surface area contributed by atoms with E-state index >= 15 is 0 Å². The molecular weight excluding hydrogens is 216 g/mol. The molecule has 1 rings (SSSR count). The van der Waals surface area contributed by atoms with Crippen molar-refractivity contribution in [3.05, 3.63) is 29.8 Å². The maximum absolute atomic E-state index is 11.6. The lowest BCUT2D eigenvalue weighted by molar-refractivity contribution is -0.115. The van der Waals surface area contributed by atoms with Crippen molar-refractivity contribution in [3.8, 4) is 0 Å². The second-order valence-corrected chi connectivity index (χ2v) is 4.11. The lowest BCUT2D eigenvalue weighted by Crippen LogP contribution is -2.29. The standard InChI is InChI=1S/C13H18N2O2/c1-4-12(16)15-11-7-5-10(6-8-11)13(17)14-9(2)3/h5-9H,4H2,1-3H3,(H,14,17)(H,15,16). The van der Waals surface area contributed by atoms with Crippen LogP contribution in [0.5, 0.6) is 0 Å². The molecule has 1 aromatic rings. The molecule has 0 aliphatic carbocycles. The van der Waals surface area contributed by atoms with Crippen LogP contribution in [0.4, 0.5) is 5.69 Å². The molecule has 4 heteroatoms. The van der Waals surface area contributed by atoms with Gasteiger partial charge in [0.2, 0.25) is 5.91 Å². The first-order chi connectivity index (χ1) is 8.02. The number of nitrogens with one attached hydrogen (secondary N) is 2. The van der Waals surface area contributed by atoms with E-state index in [1.54, 1.807) is 31.2 Å². The highest BCUT2D eigenvalue weighted by molar-refractivity contribution is 5.95. The van der Waals surface area contributed by atoms with Gasteiger partial charge in [0.1, 0.15) is 0 Å². The van der Waals surface area contributed by atoms with Gasteiger partial charge in [-0.1, -0.05) is 6.92 Å². The van der Waals surface area contributed by atoms with Gasteiger partial charge < -0.3 is 10.6 Å². The van der Waals surface area contributed by atoms with Gasteiger partial charge in [-0.15, -0.1) is 0 Å². The molecule has 0 saturated heterocycles. The van der Waals surface area contributed by atoms with E-state index in [1.165, 1.54) is 0 Å². The number of hydrogen-bond acceptors (Lipinski definition) is 2. The van der Waals surface area contributed by atoms with Crippen LogP contribution < -0.4 is 10.6 Å². The Kier molecular flexibility index (Phi) is 4.69. The van der Waals surface area contributed by atoms with E-state index in [0.717, 1.165) is 0 Å². The SMILES string of the molecule is CCC(=O)Nc1ccc(C(=O)NC(C)C)cc1.